The zero-order valence-electron chi connectivity index (χ0n) is 6.98. The summed E-state index contributed by atoms with van der Waals surface area (Å²) in [6, 6.07) is 6.45. The first-order valence-electron chi connectivity index (χ1n) is 3.84. The van der Waals surface area contributed by atoms with Gasteiger partial charge in [0.1, 0.15) is 17.5 Å². The van der Waals surface area contributed by atoms with Gasteiger partial charge in [-0.3, -0.25) is 0 Å². The van der Waals surface area contributed by atoms with E-state index in [0.717, 1.165) is 0 Å². The second kappa shape index (κ2) is 2.85. The quantitative estimate of drug-likeness (QED) is 0.700. The monoisotopic (exact) mass is 187 g/mol. The number of aromatic carboxylic acids is 1. The highest BCUT2D eigenvalue weighted by atomic mass is 16.4. The first-order valence-corrected chi connectivity index (χ1v) is 3.84. The molecule has 0 radical (unpaired) electrons. The lowest BCUT2D eigenvalue weighted by molar-refractivity contribution is 0.0691. The molecule has 14 heavy (non-hydrogen) atoms. The minimum absolute atomic E-state index is 0.0718. The molecule has 0 unspecified atom stereocenters. The summed E-state index contributed by atoms with van der Waals surface area (Å²) >= 11 is 0. The number of hydrogen-bond donors (Lipinski definition) is 2. The number of carbonyl (C=O) groups is 1. The normalized spacial score (nSPS) is 9.93. The standard InChI is InChI=1S/C9H5N3O2/c10-4-5-1-2-6-7(11-5)3-8(12-6)9(13)14/h1-3,12H,(H,13,14). The van der Waals surface area contributed by atoms with E-state index in [2.05, 4.69) is 9.97 Å². The zero-order valence-corrected chi connectivity index (χ0v) is 6.98. The predicted octanol–water partition coefficient (Wildman–Crippen LogP) is 1.13. The summed E-state index contributed by atoms with van der Waals surface area (Å²) in [5.41, 5.74) is 1.44. The average Bonchev–Trinajstić information content (AvgIpc) is 2.59. The number of aromatic amines is 1. The third-order valence-corrected chi connectivity index (χ3v) is 1.82. The topological polar surface area (TPSA) is 89.8 Å². The largest absolute Gasteiger partial charge is 0.477 e. The van der Waals surface area contributed by atoms with Crippen molar-refractivity contribution in [1.82, 2.24) is 9.97 Å². The van der Waals surface area contributed by atoms with Crippen molar-refractivity contribution in [3.05, 3.63) is 29.6 Å². The molecule has 2 N–H and O–H groups in total. The van der Waals surface area contributed by atoms with Crippen LogP contribution in [-0.2, 0) is 0 Å². The highest BCUT2D eigenvalue weighted by molar-refractivity contribution is 5.92. The van der Waals surface area contributed by atoms with E-state index in [4.69, 9.17) is 10.4 Å². The van der Waals surface area contributed by atoms with Crippen molar-refractivity contribution < 1.29 is 9.90 Å². The number of nitrogens with one attached hydrogen (secondary N) is 1. The number of nitriles is 1. The molecule has 0 saturated carbocycles. The second-order valence-electron chi connectivity index (χ2n) is 2.73. The highest BCUT2D eigenvalue weighted by Crippen LogP contribution is 2.13. The van der Waals surface area contributed by atoms with Gasteiger partial charge in [-0.1, -0.05) is 0 Å². The molecule has 5 nitrogen and oxygen atoms in total. The molecule has 2 aromatic rings. The Morgan fingerprint density at radius 3 is 3.00 bits per heavy atom. The Hall–Kier alpha value is -2.35. The smallest absolute Gasteiger partial charge is 0.352 e. The number of pyridine rings is 1. The lowest BCUT2D eigenvalue weighted by Crippen LogP contribution is -1.94. The molecule has 0 saturated heterocycles. The Morgan fingerprint density at radius 2 is 2.36 bits per heavy atom. The van der Waals surface area contributed by atoms with Crippen LogP contribution in [0.15, 0.2) is 18.2 Å². The highest BCUT2D eigenvalue weighted by Gasteiger charge is 2.08. The molecule has 68 valence electrons. The Morgan fingerprint density at radius 1 is 1.57 bits per heavy atom. The van der Waals surface area contributed by atoms with Crippen LogP contribution in [0.25, 0.3) is 11.0 Å². The van der Waals surface area contributed by atoms with Crippen molar-refractivity contribution in [2.45, 2.75) is 0 Å². The van der Waals surface area contributed by atoms with E-state index >= 15 is 0 Å². The minimum Gasteiger partial charge on any atom is -0.477 e. The maximum absolute atomic E-state index is 10.6. The van der Waals surface area contributed by atoms with E-state index in [9.17, 15) is 4.79 Å². The van der Waals surface area contributed by atoms with Crippen LogP contribution >= 0.6 is 0 Å². The number of H-pyrrole nitrogens is 1. The van der Waals surface area contributed by atoms with Crippen molar-refractivity contribution in [3.63, 3.8) is 0 Å². The van der Waals surface area contributed by atoms with Crippen LogP contribution in [0, 0.1) is 11.3 Å². The fraction of sp³-hybridized carbons (Fsp3) is 0. The van der Waals surface area contributed by atoms with E-state index in [1.54, 1.807) is 6.07 Å². The first-order chi connectivity index (χ1) is 6.70. The summed E-state index contributed by atoms with van der Waals surface area (Å²) in [5, 5.41) is 17.3. The molecule has 0 amide bonds. The first kappa shape index (κ1) is 8.26. The minimum atomic E-state index is -1.04. The van der Waals surface area contributed by atoms with Crippen LogP contribution in [-0.4, -0.2) is 21.0 Å². The van der Waals surface area contributed by atoms with Gasteiger partial charge in [-0.15, -0.1) is 0 Å². The summed E-state index contributed by atoms with van der Waals surface area (Å²) in [6.07, 6.45) is 0. The summed E-state index contributed by atoms with van der Waals surface area (Å²) in [7, 11) is 0. The van der Waals surface area contributed by atoms with Gasteiger partial charge in [0.15, 0.2) is 0 Å². The van der Waals surface area contributed by atoms with Crippen molar-refractivity contribution in [1.29, 1.82) is 5.26 Å². The molecule has 0 aliphatic rings. The van der Waals surface area contributed by atoms with E-state index in [1.165, 1.54) is 12.1 Å². The van der Waals surface area contributed by atoms with Gasteiger partial charge in [0, 0.05) is 0 Å². The van der Waals surface area contributed by atoms with Crippen molar-refractivity contribution in [2.24, 2.45) is 0 Å². The molecular weight excluding hydrogens is 182 g/mol. The number of carboxylic acids is 1. The number of hydrogen-bond acceptors (Lipinski definition) is 3. The Bertz CT molecular complexity index is 551. The van der Waals surface area contributed by atoms with Gasteiger partial charge in [-0.25, -0.2) is 9.78 Å². The lowest BCUT2D eigenvalue weighted by atomic mass is 10.3. The van der Waals surface area contributed by atoms with Gasteiger partial charge in [0.05, 0.1) is 11.0 Å². The maximum Gasteiger partial charge on any atom is 0.352 e. The van der Waals surface area contributed by atoms with Gasteiger partial charge >= 0.3 is 5.97 Å². The molecular formula is C9H5N3O2. The van der Waals surface area contributed by atoms with Gasteiger partial charge < -0.3 is 10.1 Å². The molecule has 0 atom stereocenters. The van der Waals surface area contributed by atoms with Gasteiger partial charge in [-0.05, 0) is 18.2 Å². The van der Waals surface area contributed by atoms with Crippen LogP contribution in [0.4, 0.5) is 0 Å². The van der Waals surface area contributed by atoms with Gasteiger partial charge in [0.2, 0.25) is 0 Å². The van der Waals surface area contributed by atoms with Crippen LogP contribution in [0.5, 0.6) is 0 Å². The number of carboxylic acid groups (broad SMARTS) is 1. The average molecular weight is 187 g/mol. The third kappa shape index (κ3) is 1.19. The Labute approximate surface area is 78.6 Å². The molecule has 0 bridgehead atoms. The van der Waals surface area contributed by atoms with Gasteiger partial charge in [-0.2, -0.15) is 5.26 Å². The van der Waals surface area contributed by atoms with E-state index in [0.29, 0.717) is 11.0 Å². The SMILES string of the molecule is N#Cc1ccc2[nH]c(C(=O)O)cc2n1. The number of aromatic nitrogens is 2. The molecule has 0 fully saturated rings. The third-order valence-electron chi connectivity index (χ3n) is 1.82. The molecule has 2 heterocycles. The Kier molecular flexibility index (Phi) is 1.68. The molecule has 5 heteroatoms. The van der Waals surface area contributed by atoms with Crippen LogP contribution < -0.4 is 0 Å². The van der Waals surface area contributed by atoms with E-state index < -0.39 is 5.97 Å². The summed E-state index contributed by atoms with van der Waals surface area (Å²) in [4.78, 5) is 17.2. The summed E-state index contributed by atoms with van der Waals surface area (Å²) < 4.78 is 0. The molecule has 0 spiro atoms. The summed E-state index contributed by atoms with van der Waals surface area (Å²) in [6.45, 7) is 0. The Balaban J connectivity index is 2.67. The van der Waals surface area contributed by atoms with Crippen LogP contribution in [0.1, 0.15) is 16.2 Å². The predicted molar refractivity (Wildman–Crippen MR) is 47.8 cm³/mol. The number of rotatable bonds is 1. The maximum atomic E-state index is 10.6. The lowest BCUT2D eigenvalue weighted by Gasteiger charge is -1.87. The van der Waals surface area contributed by atoms with Crippen molar-refractivity contribution >= 4 is 17.0 Å². The van der Waals surface area contributed by atoms with E-state index in [-0.39, 0.29) is 11.4 Å². The summed E-state index contributed by atoms with van der Waals surface area (Å²) in [5.74, 6) is -1.04. The number of nitrogens with zero attached hydrogens (tertiary/aromatic N) is 2. The molecule has 2 rings (SSSR count). The van der Waals surface area contributed by atoms with Gasteiger partial charge in [0.25, 0.3) is 0 Å². The van der Waals surface area contributed by atoms with E-state index in [1.807, 2.05) is 6.07 Å². The second-order valence-corrected chi connectivity index (χ2v) is 2.73. The zero-order chi connectivity index (χ0) is 10.1. The molecule has 2 aromatic heterocycles. The molecule has 0 aromatic carbocycles. The fourth-order valence-corrected chi connectivity index (χ4v) is 1.19. The molecule has 0 aliphatic heterocycles. The fourth-order valence-electron chi connectivity index (χ4n) is 1.19. The number of fused-ring (bicyclic) bond motifs is 1. The molecule has 0 aliphatic carbocycles. The van der Waals surface area contributed by atoms with Crippen molar-refractivity contribution in [2.75, 3.05) is 0 Å². The van der Waals surface area contributed by atoms with Crippen molar-refractivity contribution in [3.8, 4) is 6.07 Å². The van der Waals surface area contributed by atoms with Crippen LogP contribution in [0.3, 0.4) is 0 Å². The van der Waals surface area contributed by atoms with Crippen LogP contribution in [0.2, 0.25) is 0 Å².